The monoisotopic (exact) mass is 407 g/mol. The van der Waals surface area contributed by atoms with Gasteiger partial charge in [0.2, 0.25) is 5.76 Å². The van der Waals surface area contributed by atoms with E-state index < -0.39 is 41.3 Å². The summed E-state index contributed by atoms with van der Waals surface area (Å²) in [6.07, 6.45) is -2.44. The first-order valence-electron chi connectivity index (χ1n) is 9.24. The number of carbonyl (C=O) groups excluding carboxylic acids is 1. The van der Waals surface area contributed by atoms with E-state index in [2.05, 4.69) is 0 Å². The molecule has 156 valence electrons. The molecule has 0 amide bonds. The molecule has 0 saturated carbocycles. The molecule has 3 heterocycles. The maximum atomic E-state index is 12.3. The molecule has 0 unspecified atom stereocenters. The third kappa shape index (κ3) is 3.66. The van der Waals surface area contributed by atoms with Crippen molar-refractivity contribution in [2.45, 2.75) is 57.8 Å². The van der Waals surface area contributed by atoms with Gasteiger partial charge in [-0.2, -0.15) is 0 Å². The van der Waals surface area contributed by atoms with Crippen LogP contribution in [0.25, 0.3) is 0 Å². The van der Waals surface area contributed by atoms with Crippen LogP contribution in [0.3, 0.4) is 0 Å². The van der Waals surface area contributed by atoms with Crippen LogP contribution in [0.1, 0.15) is 26.3 Å². The second-order valence-corrected chi connectivity index (χ2v) is 7.23. The Bertz CT molecular complexity index is 848. The van der Waals surface area contributed by atoms with Gasteiger partial charge in [-0.25, -0.2) is 4.79 Å². The Morgan fingerprint density at radius 1 is 1.21 bits per heavy atom. The summed E-state index contributed by atoms with van der Waals surface area (Å²) >= 11 is 0. The van der Waals surface area contributed by atoms with Crippen molar-refractivity contribution in [2.75, 3.05) is 6.61 Å². The van der Waals surface area contributed by atoms with Crippen molar-refractivity contribution < 1.29 is 38.1 Å². The number of hydrogen-bond donors (Lipinski definition) is 0. The van der Waals surface area contributed by atoms with Gasteiger partial charge in [-0.1, -0.05) is 0 Å². The number of carbonyl (C=O) groups is 1. The molecular weight excluding hydrogens is 386 g/mol. The van der Waals surface area contributed by atoms with E-state index in [1.165, 1.54) is 12.1 Å². The fourth-order valence-electron chi connectivity index (χ4n) is 3.51. The molecule has 0 radical (unpaired) electrons. The highest BCUT2D eigenvalue weighted by atomic mass is 16.8. The number of nitro benzene ring substituents is 1. The lowest BCUT2D eigenvalue weighted by Gasteiger charge is -2.21. The molecule has 1 aromatic rings. The molecule has 0 aromatic heterocycles. The molecule has 29 heavy (non-hydrogen) atoms. The minimum atomic E-state index is -0.823. The fourth-order valence-corrected chi connectivity index (χ4v) is 3.51. The summed E-state index contributed by atoms with van der Waals surface area (Å²) in [5, 5.41) is 10.8. The molecule has 2 fully saturated rings. The normalized spacial score (nSPS) is 29.2. The van der Waals surface area contributed by atoms with E-state index in [9.17, 15) is 14.9 Å². The molecule has 0 bridgehead atoms. The zero-order valence-electron chi connectivity index (χ0n) is 16.2. The number of rotatable bonds is 6. The van der Waals surface area contributed by atoms with Gasteiger partial charge >= 0.3 is 5.97 Å². The van der Waals surface area contributed by atoms with Crippen LogP contribution in [0.5, 0.6) is 0 Å². The van der Waals surface area contributed by atoms with Gasteiger partial charge in [0.05, 0.1) is 11.5 Å². The summed E-state index contributed by atoms with van der Waals surface area (Å²) in [5.41, 5.74) is 0.662. The molecule has 2 saturated heterocycles. The van der Waals surface area contributed by atoms with Crippen LogP contribution in [0.4, 0.5) is 5.69 Å². The Labute approximate surface area is 166 Å². The number of nitro groups is 1. The standard InChI is InChI=1S/C19H21NO9/c1-4-24-17(21)15-12(25-9-10-5-7-11(8-6-10)20(22)23)13-14(26-15)16-18(27-13)29-19(2,3)28-16/h5-8,13-14,16,18H,4,9H2,1-3H3/t13-,14+,16-,18-/m1/s1. The first kappa shape index (κ1) is 19.6. The zero-order chi connectivity index (χ0) is 20.8. The molecule has 0 N–H and O–H groups in total. The van der Waals surface area contributed by atoms with E-state index in [0.29, 0.717) is 5.56 Å². The molecule has 4 atom stereocenters. The first-order chi connectivity index (χ1) is 13.8. The van der Waals surface area contributed by atoms with E-state index in [1.807, 2.05) is 0 Å². The predicted octanol–water partition coefficient (Wildman–Crippen LogP) is 2.16. The lowest BCUT2D eigenvalue weighted by molar-refractivity contribution is -0.384. The topological polar surface area (TPSA) is 116 Å². The lowest BCUT2D eigenvalue weighted by atomic mass is 10.1. The molecule has 0 aliphatic carbocycles. The van der Waals surface area contributed by atoms with Crippen LogP contribution < -0.4 is 0 Å². The summed E-state index contributed by atoms with van der Waals surface area (Å²) in [7, 11) is 0. The van der Waals surface area contributed by atoms with Crippen molar-refractivity contribution in [3.05, 3.63) is 51.5 Å². The highest BCUT2D eigenvalue weighted by molar-refractivity contribution is 5.87. The van der Waals surface area contributed by atoms with Crippen LogP contribution in [-0.2, 0) is 39.8 Å². The van der Waals surface area contributed by atoms with Gasteiger partial charge in [0.15, 0.2) is 36.1 Å². The number of hydrogen-bond acceptors (Lipinski definition) is 9. The van der Waals surface area contributed by atoms with Gasteiger partial charge in [-0.05, 0) is 38.5 Å². The van der Waals surface area contributed by atoms with Gasteiger partial charge in [-0.3, -0.25) is 10.1 Å². The second-order valence-electron chi connectivity index (χ2n) is 7.23. The Morgan fingerprint density at radius 3 is 2.59 bits per heavy atom. The molecule has 4 rings (SSSR count). The van der Waals surface area contributed by atoms with Crippen molar-refractivity contribution in [2.24, 2.45) is 0 Å². The molecule has 1 aromatic carbocycles. The third-order valence-corrected chi connectivity index (χ3v) is 4.73. The van der Waals surface area contributed by atoms with Gasteiger partial charge in [0, 0.05) is 12.1 Å². The second kappa shape index (κ2) is 7.29. The lowest BCUT2D eigenvalue weighted by Crippen LogP contribution is -2.34. The molecule has 10 nitrogen and oxygen atoms in total. The number of benzene rings is 1. The van der Waals surface area contributed by atoms with E-state index in [-0.39, 0.29) is 30.4 Å². The van der Waals surface area contributed by atoms with Crippen LogP contribution in [0.2, 0.25) is 0 Å². The van der Waals surface area contributed by atoms with Crippen molar-refractivity contribution >= 4 is 11.7 Å². The minimum absolute atomic E-state index is 0.0201. The van der Waals surface area contributed by atoms with Gasteiger partial charge in [0.1, 0.15) is 6.61 Å². The molecular formula is C19H21NO9. The summed E-state index contributed by atoms with van der Waals surface area (Å²) in [6, 6.07) is 5.92. The van der Waals surface area contributed by atoms with Crippen molar-refractivity contribution in [3.8, 4) is 0 Å². The van der Waals surface area contributed by atoms with Gasteiger partial charge in [-0.15, -0.1) is 0 Å². The number of fused-ring (bicyclic) bond motifs is 3. The highest BCUT2D eigenvalue weighted by Crippen LogP contribution is 2.45. The summed E-state index contributed by atoms with van der Waals surface area (Å²) in [6.45, 7) is 5.47. The van der Waals surface area contributed by atoms with E-state index in [4.69, 9.17) is 28.4 Å². The fraction of sp³-hybridized carbons (Fsp3) is 0.526. The average molecular weight is 407 g/mol. The number of ether oxygens (including phenoxy) is 6. The van der Waals surface area contributed by atoms with Gasteiger partial charge in [0.25, 0.3) is 5.69 Å². The van der Waals surface area contributed by atoms with E-state index in [1.54, 1.807) is 32.9 Å². The number of nitrogens with zero attached hydrogens (tertiary/aromatic N) is 1. The van der Waals surface area contributed by atoms with Crippen LogP contribution in [0.15, 0.2) is 35.8 Å². The highest BCUT2D eigenvalue weighted by Gasteiger charge is 2.61. The van der Waals surface area contributed by atoms with Crippen LogP contribution >= 0.6 is 0 Å². The molecule has 10 heteroatoms. The smallest absolute Gasteiger partial charge is 0.377 e. The molecule has 3 aliphatic rings. The van der Waals surface area contributed by atoms with Crippen LogP contribution in [0, 0.1) is 10.1 Å². The van der Waals surface area contributed by atoms with Crippen molar-refractivity contribution in [3.63, 3.8) is 0 Å². The minimum Gasteiger partial charge on any atom is -0.486 e. The maximum Gasteiger partial charge on any atom is 0.377 e. The van der Waals surface area contributed by atoms with Crippen LogP contribution in [-0.4, -0.2) is 47.9 Å². The summed E-state index contributed by atoms with van der Waals surface area (Å²) in [4.78, 5) is 22.7. The van der Waals surface area contributed by atoms with E-state index in [0.717, 1.165) is 0 Å². The summed E-state index contributed by atoms with van der Waals surface area (Å²) < 4.78 is 34.2. The van der Waals surface area contributed by atoms with E-state index >= 15 is 0 Å². The molecule has 0 spiro atoms. The first-order valence-corrected chi connectivity index (χ1v) is 9.24. The average Bonchev–Trinajstić information content (AvgIpc) is 3.26. The quantitative estimate of drug-likeness (QED) is 0.397. The van der Waals surface area contributed by atoms with Crippen molar-refractivity contribution in [1.82, 2.24) is 0 Å². The maximum absolute atomic E-state index is 12.3. The van der Waals surface area contributed by atoms with Crippen molar-refractivity contribution in [1.29, 1.82) is 0 Å². The van der Waals surface area contributed by atoms with Gasteiger partial charge < -0.3 is 28.4 Å². The Morgan fingerprint density at radius 2 is 1.93 bits per heavy atom. The number of esters is 1. The Balaban J connectivity index is 1.52. The Hall–Kier alpha value is -2.69. The molecule has 3 aliphatic heterocycles. The SMILES string of the molecule is CCOC(=O)C1=C(OCc2ccc([N+](=O)[O-])cc2)[C@H]2O[C@@H]3OC(C)(C)O[C@@H]3[C@H]2O1. The third-order valence-electron chi connectivity index (χ3n) is 4.73. The zero-order valence-corrected chi connectivity index (χ0v) is 16.2. The largest absolute Gasteiger partial charge is 0.486 e. The summed E-state index contributed by atoms with van der Waals surface area (Å²) in [5.74, 6) is -1.34. The predicted molar refractivity (Wildman–Crippen MR) is 95.1 cm³/mol. The Kier molecular flexibility index (Phi) is 4.93. The number of non-ortho nitro benzene ring substituents is 1.